The number of rotatable bonds is 5. The highest BCUT2D eigenvalue weighted by molar-refractivity contribution is 5.11. The summed E-state index contributed by atoms with van der Waals surface area (Å²) in [4.78, 5) is 0. The molecule has 0 bridgehead atoms. The van der Waals surface area contributed by atoms with Crippen molar-refractivity contribution in [2.45, 2.75) is 39.0 Å². The lowest BCUT2D eigenvalue weighted by Gasteiger charge is -2.19. The molecule has 1 saturated carbocycles. The van der Waals surface area contributed by atoms with Gasteiger partial charge >= 0.3 is 0 Å². The Bertz CT molecular complexity index is 356. The molecule has 3 nitrogen and oxygen atoms in total. The Labute approximate surface area is 105 Å². The first-order valence-corrected chi connectivity index (χ1v) is 6.91. The lowest BCUT2D eigenvalue weighted by Crippen LogP contribution is -2.23. The molecule has 3 heteroatoms. The third kappa shape index (κ3) is 2.89. The lowest BCUT2D eigenvalue weighted by atomic mass is 9.91. The smallest absolute Gasteiger partial charge is 0.0624 e. The van der Waals surface area contributed by atoms with Crippen LogP contribution in [-0.2, 0) is 19.9 Å². The molecule has 17 heavy (non-hydrogen) atoms. The van der Waals surface area contributed by atoms with Crippen LogP contribution in [-0.4, -0.2) is 23.4 Å². The van der Waals surface area contributed by atoms with Crippen molar-refractivity contribution in [2.24, 2.45) is 18.9 Å². The Morgan fingerprint density at radius 3 is 2.82 bits per heavy atom. The first-order chi connectivity index (χ1) is 8.24. The summed E-state index contributed by atoms with van der Waals surface area (Å²) in [7, 11) is 4.14. The van der Waals surface area contributed by atoms with Crippen molar-refractivity contribution in [3.05, 3.63) is 17.5 Å². The minimum Gasteiger partial charge on any atom is -0.319 e. The minimum atomic E-state index is 0.850. The molecule has 1 fully saturated rings. The van der Waals surface area contributed by atoms with Crippen LogP contribution in [0, 0.1) is 11.8 Å². The Kier molecular flexibility index (Phi) is 4.21. The van der Waals surface area contributed by atoms with Gasteiger partial charge in [0.05, 0.1) is 5.69 Å². The summed E-state index contributed by atoms with van der Waals surface area (Å²) < 4.78 is 2.08. The second-order valence-corrected chi connectivity index (χ2v) is 5.32. The highest BCUT2D eigenvalue weighted by Crippen LogP contribution is 2.33. The highest BCUT2D eigenvalue weighted by Gasteiger charge is 2.27. The van der Waals surface area contributed by atoms with Gasteiger partial charge in [0.25, 0.3) is 0 Å². The van der Waals surface area contributed by atoms with E-state index in [2.05, 4.69) is 42.2 Å². The monoisotopic (exact) mass is 235 g/mol. The van der Waals surface area contributed by atoms with E-state index in [-0.39, 0.29) is 0 Å². The van der Waals surface area contributed by atoms with Gasteiger partial charge in [-0.15, -0.1) is 0 Å². The maximum Gasteiger partial charge on any atom is 0.0624 e. The normalized spacial score (nSPS) is 24.4. The molecule has 0 spiro atoms. The molecular formula is C14H25N3. The van der Waals surface area contributed by atoms with Crippen molar-refractivity contribution in [3.63, 3.8) is 0 Å². The van der Waals surface area contributed by atoms with Gasteiger partial charge in [0, 0.05) is 12.7 Å². The number of aryl methyl sites for hydroxylation is 2. The molecule has 2 unspecified atom stereocenters. The van der Waals surface area contributed by atoms with Crippen LogP contribution in [0.4, 0.5) is 0 Å². The summed E-state index contributed by atoms with van der Waals surface area (Å²) in [6.07, 6.45) is 6.42. The molecule has 1 N–H and O–H groups in total. The van der Waals surface area contributed by atoms with Gasteiger partial charge in [-0.1, -0.05) is 13.3 Å². The van der Waals surface area contributed by atoms with Gasteiger partial charge in [-0.25, -0.2) is 0 Å². The van der Waals surface area contributed by atoms with Crippen LogP contribution < -0.4 is 5.32 Å². The van der Waals surface area contributed by atoms with Gasteiger partial charge in [0.2, 0.25) is 0 Å². The summed E-state index contributed by atoms with van der Waals surface area (Å²) in [5, 5.41) is 7.88. The molecule has 1 aromatic heterocycles. The maximum absolute atomic E-state index is 4.54. The summed E-state index contributed by atoms with van der Waals surface area (Å²) in [6.45, 7) is 3.34. The molecule has 1 aliphatic carbocycles. The highest BCUT2D eigenvalue weighted by atomic mass is 15.3. The van der Waals surface area contributed by atoms with Crippen molar-refractivity contribution in [2.75, 3.05) is 13.6 Å². The fraction of sp³-hybridized carbons (Fsp3) is 0.786. The van der Waals surface area contributed by atoms with E-state index < -0.39 is 0 Å². The largest absolute Gasteiger partial charge is 0.319 e. The third-order valence-corrected chi connectivity index (χ3v) is 4.14. The number of nitrogens with one attached hydrogen (secondary N) is 1. The van der Waals surface area contributed by atoms with E-state index in [1.54, 1.807) is 0 Å². The van der Waals surface area contributed by atoms with E-state index in [0.717, 1.165) is 18.3 Å². The molecule has 0 aromatic carbocycles. The van der Waals surface area contributed by atoms with Gasteiger partial charge in [-0.3, -0.25) is 4.68 Å². The fourth-order valence-corrected chi connectivity index (χ4v) is 3.12. The molecule has 1 heterocycles. The molecule has 0 aliphatic heterocycles. The van der Waals surface area contributed by atoms with Crippen molar-refractivity contribution in [3.8, 4) is 0 Å². The molecule has 2 atom stereocenters. The molecule has 0 saturated heterocycles. The topological polar surface area (TPSA) is 29.9 Å². The quantitative estimate of drug-likeness (QED) is 0.847. The van der Waals surface area contributed by atoms with Crippen molar-refractivity contribution in [1.29, 1.82) is 0 Å². The zero-order chi connectivity index (χ0) is 12.3. The molecular weight excluding hydrogens is 210 g/mol. The van der Waals surface area contributed by atoms with E-state index >= 15 is 0 Å². The van der Waals surface area contributed by atoms with Crippen molar-refractivity contribution >= 4 is 0 Å². The molecule has 1 aromatic rings. The van der Waals surface area contributed by atoms with Crippen LogP contribution in [0.5, 0.6) is 0 Å². The van der Waals surface area contributed by atoms with Crippen LogP contribution in [0.25, 0.3) is 0 Å². The molecule has 1 aliphatic rings. The Morgan fingerprint density at radius 1 is 1.41 bits per heavy atom. The van der Waals surface area contributed by atoms with E-state index in [0.29, 0.717) is 0 Å². The summed E-state index contributed by atoms with van der Waals surface area (Å²) >= 11 is 0. The van der Waals surface area contributed by atoms with E-state index in [9.17, 15) is 0 Å². The van der Waals surface area contributed by atoms with E-state index in [1.807, 2.05) is 0 Å². The van der Waals surface area contributed by atoms with Gasteiger partial charge in [-0.2, -0.15) is 5.10 Å². The first kappa shape index (κ1) is 12.6. The maximum atomic E-state index is 4.54. The molecule has 96 valence electrons. The Balaban J connectivity index is 2.01. The van der Waals surface area contributed by atoms with Crippen molar-refractivity contribution < 1.29 is 0 Å². The average molecular weight is 235 g/mol. The summed E-state index contributed by atoms with van der Waals surface area (Å²) in [5.74, 6) is 1.71. The molecule has 2 rings (SSSR count). The van der Waals surface area contributed by atoms with Crippen LogP contribution in [0.1, 0.15) is 37.6 Å². The molecule has 0 amide bonds. The zero-order valence-corrected chi connectivity index (χ0v) is 11.4. The van der Waals surface area contributed by atoms with E-state index in [1.165, 1.54) is 43.6 Å². The second kappa shape index (κ2) is 5.67. The number of hydrogen-bond donors (Lipinski definition) is 1. The van der Waals surface area contributed by atoms with Gasteiger partial charge in [-0.05, 0) is 57.2 Å². The number of nitrogens with zero attached hydrogens (tertiary/aromatic N) is 2. The van der Waals surface area contributed by atoms with Crippen LogP contribution in [0.15, 0.2) is 6.07 Å². The molecule has 0 radical (unpaired) electrons. The van der Waals surface area contributed by atoms with Crippen molar-refractivity contribution in [1.82, 2.24) is 15.1 Å². The number of aromatic nitrogens is 2. The minimum absolute atomic E-state index is 0.850. The van der Waals surface area contributed by atoms with Gasteiger partial charge in [0.15, 0.2) is 0 Å². The SMILES string of the molecule is CCc1cc(CC2CCCC2CNC)n(C)n1. The lowest BCUT2D eigenvalue weighted by molar-refractivity contribution is 0.367. The van der Waals surface area contributed by atoms with E-state index in [4.69, 9.17) is 0 Å². The zero-order valence-electron chi connectivity index (χ0n) is 11.4. The van der Waals surface area contributed by atoms with Gasteiger partial charge in [0.1, 0.15) is 0 Å². The predicted molar refractivity (Wildman–Crippen MR) is 71.0 cm³/mol. The van der Waals surface area contributed by atoms with Crippen LogP contribution in [0.2, 0.25) is 0 Å². The summed E-state index contributed by atoms with van der Waals surface area (Å²) in [5.41, 5.74) is 2.64. The fourth-order valence-electron chi connectivity index (χ4n) is 3.12. The van der Waals surface area contributed by atoms with Crippen LogP contribution in [0.3, 0.4) is 0 Å². The second-order valence-electron chi connectivity index (χ2n) is 5.32. The number of hydrogen-bond acceptors (Lipinski definition) is 2. The Hall–Kier alpha value is -0.830. The average Bonchev–Trinajstić information content (AvgIpc) is 2.88. The van der Waals surface area contributed by atoms with Crippen LogP contribution >= 0.6 is 0 Å². The summed E-state index contributed by atoms with van der Waals surface area (Å²) in [6, 6.07) is 2.29. The van der Waals surface area contributed by atoms with Gasteiger partial charge < -0.3 is 5.32 Å². The first-order valence-electron chi connectivity index (χ1n) is 6.91. The predicted octanol–water partition coefficient (Wildman–Crippen LogP) is 2.16. The third-order valence-electron chi connectivity index (χ3n) is 4.14. The Morgan fingerprint density at radius 2 is 2.18 bits per heavy atom. The standard InChI is InChI=1S/C14H25N3/c1-4-13-9-14(17(3)16-13)8-11-6-5-7-12(11)10-15-2/h9,11-12,15H,4-8,10H2,1-3H3.